The first kappa shape index (κ1) is 8.45. The van der Waals surface area contributed by atoms with Crippen molar-refractivity contribution < 1.29 is 4.42 Å². The number of aryl methyl sites for hydroxylation is 1. The first-order valence-electron chi connectivity index (χ1n) is 4.08. The van der Waals surface area contributed by atoms with Crippen LogP contribution in [0.1, 0.15) is 11.6 Å². The van der Waals surface area contributed by atoms with Gasteiger partial charge < -0.3 is 4.42 Å². The lowest BCUT2D eigenvalue weighted by Gasteiger charge is -1.93. The number of oxazole rings is 1. The summed E-state index contributed by atoms with van der Waals surface area (Å²) >= 11 is 0. The molecule has 68 valence electrons. The zero-order valence-electron chi connectivity index (χ0n) is 7.56. The molecule has 0 aliphatic heterocycles. The van der Waals surface area contributed by atoms with E-state index in [1.54, 1.807) is 31.5 Å². The number of rotatable bonds is 1. The molecule has 0 atom stereocenters. The Morgan fingerprint density at radius 1 is 1.29 bits per heavy atom. The van der Waals surface area contributed by atoms with E-state index in [1.165, 1.54) is 0 Å². The van der Waals surface area contributed by atoms with Crippen molar-refractivity contribution in [3.63, 3.8) is 0 Å². The normalized spacial score (nSPS) is 9.71. The van der Waals surface area contributed by atoms with E-state index in [-0.39, 0.29) is 0 Å². The molecule has 4 nitrogen and oxygen atoms in total. The molecule has 0 amide bonds. The number of hydrogen-bond donors (Lipinski definition) is 0. The Morgan fingerprint density at radius 3 is 2.64 bits per heavy atom. The molecule has 0 spiro atoms. The minimum absolute atomic E-state index is 0.394. The fourth-order valence-corrected chi connectivity index (χ4v) is 1.10. The molecule has 0 aromatic carbocycles. The zero-order chi connectivity index (χ0) is 9.97. The van der Waals surface area contributed by atoms with E-state index in [2.05, 4.69) is 9.97 Å². The highest BCUT2D eigenvalue weighted by molar-refractivity contribution is 5.55. The maximum atomic E-state index is 8.55. The van der Waals surface area contributed by atoms with Crippen LogP contribution in [0.15, 0.2) is 28.9 Å². The Bertz CT molecular complexity index is 479. The van der Waals surface area contributed by atoms with E-state index >= 15 is 0 Å². The highest BCUT2D eigenvalue weighted by Crippen LogP contribution is 2.18. The maximum absolute atomic E-state index is 8.55. The monoisotopic (exact) mass is 185 g/mol. The molecule has 0 saturated heterocycles. The van der Waals surface area contributed by atoms with Crippen LogP contribution >= 0.6 is 0 Å². The fourth-order valence-electron chi connectivity index (χ4n) is 1.10. The number of pyridine rings is 1. The third-order valence-corrected chi connectivity index (χ3v) is 1.78. The molecule has 2 rings (SSSR count). The van der Waals surface area contributed by atoms with Crippen molar-refractivity contribution >= 4 is 0 Å². The first-order chi connectivity index (χ1) is 6.79. The number of nitriles is 1. The van der Waals surface area contributed by atoms with Crippen LogP contribution in [0.4, 0.5) is 0 Å². The van der Waals surface area contributed by atoms with Gasteiger partial charge in [-0.15, -0.1) is 0 Å². The molecule has 2 aromatic rings. The standard InChI is InChI=1S/C10H7N3O/c1-7-12-6-10(14-7)8-2-3-9(4-11)13-5-8/h2-3,5-6H,1H3. The third kappa shape index (κ3) is 1.48. The van der Waals surface area contributed by atoms with Gasteiger partial charge in [0.05, 0.1) is 6.20 Å². The molecule has 2 aromatic heterocycles. The largest absolute Gasteiger partial charge is 0.441 e. The lowest BCUT2D eigenvalue weighted by molar-refractivity contribution is 0.534. The molecule has 0 aliphatic rings. The summed E-state index contributed by atoms with van der Waals surface area (Å²) in [7, 11) is 0. The van der Waals surface area contributed by atoms with Crippen molar-refractivity contribution in [2.45, 2.75) is 6.92 Å². The average Bonchev–Trinajstić information content (AvgIpc) is 2.65. The van der Waals surface area contributed by atoms with Crippen molar-refractivity contribution in [1.29, 1.82) is 5.26 Å². The summed E-state index contributed by atoms with van der Waals surface area (Å²) in [5.41, 5.74) is 1.22. The van der Waals surface area contributed by atoms with Crippen LogP contribution in [-0.4, -0.2) is 9.97 Å². The molecule has 0 aliphatic carbocycles. The van der Waals surface area contributed by atoms with Crippen molar-refractivity contribution in [3.05, 3.63) is 36.1 Å². The van der Waals surface area contributed by atoms with Gasteiger partial charge >= 0.3 is 0 Å². The van der Waals surface area contributed by atoms with Gasteiger partial charge in [-0.3, -0.25) is 0 Å². The van der Waals surface area contributed by atoms with Crippen molar-refractivity contribution in [2.75, 3.05) is 0 Å². The molecule has 0 fully saturated rings. The highest BCUT2D eigenvalue weighted by Gasteiger charge is 2.03. The second kappa shape index (κ2) is 3.30. The number of nitrogens with zero attached hydrogens (tertiary/aromatic N) is 3. The first-order valence-corrected chi connectivity index (χ1v) is 4.08. The summed E-state index contributed by atoms with van der Waals surface area (Å²) in [6.07, 6.45) is 3.23. The second-order valence-electron chi connectivity index (χ2n) is 2.79. The van der Waals surface area contributed by atoms with Gasteiger partial charge in [0.1, 0.15) is 11.8 Å². The third-order valence-electron chi connectivity index (χ3n) is 1.78. The average molecular weight is 185 g/mol. The minimum atomic E-state index is 0.394. The van der Waals surface area contributed by atoms with Crippen LogP contribution in [0.2, 0.25) is 0 Å². The molecule has 0 bridgehead atoms. The quantitative estimate of drug-likeness (QED) is 0.680. The predicted octanol–water partition coefficient (Wildman–Crippen LogP) is 1.92. The molecule has 0 radical (unpaired) electrons. The molecule has 4 heteroatoms. The minimum Gasteiger partial charge on any atom is -0.441 e. The predicted molar refractivity (Wildman–Crippen MR) is 49.2 cm³/mol. The van der Waals surface area contributed by atoms with E-state index < -0.39 is 0 Å². The van der Waals surface area contributed by atoms with Crippen LogP contribution in [0.3, 0.4) is 0 Å². The van der Waals surface area contributed by atoms with Gasteiger partial charge in [0, 0.05) is 18.7 Å². The topological polar surface area (TPSA) is 62.7 Å². The van der Waals surface area contributed by atoms with Crippen LogP contribution in [0.5, 0.6) is 0 Å². The fraction of sp³-hybridized carbons (Fsp3) is 0.100. The molecule has 0 saturated carbocycles. The lowest BCUT2D eigenvalue weighted by atomic mass is 10.2. The Labute approximate surface area is 80.8 Å². The molecule has 14 heavy (non-hydrogen) atoms. The summed E-state index contributed by atoms with van der Waals surface area (Å²) in [4.78, 5) is 7.91. The Hall–Kier alpha value is -2.15. The summed E-state index contributed by atoms with van der Waals surface area (Å²) in [5, 5.41) is 8.55. The molecule has 0 unspecified atom stereocenters. The van der Waals surface area contributed by atoms with Crippen molar-refractivity contribution in [1.82, 2.24) is 9.97 Å². The maximum Gasteiger partial charge on any atom is 0.191 e. The zero-order valence-corrected chi connectivity index (χ0v) is 7.56. The molecular formula is C10H7N3O. The van der Waals surface area contributed by atoms with Crippen LogP contribution in [0.25, 0.3) is 11.3 Å². The Balaban J connectivity index is 2.39. The van der Waals surface area contributed by atoms with E-state index in [9.17, 15) is 0 Å². The lowest BCUT2D eigenvalue weighted by Crippen LogP contribution is -1.81. The highest BCUT2D eigenvalue weighted by atomic mass is 16.4. The summed E-state index contributed by atoms with van der Waals surface area (Å²) in [6, 6.07) is 5.38. The van der Waals surface area contributed by atoms with Gasteiger partial charge in [0.2, 0.25) is 0 Å². The van der Waals surface area contributed by atoms with Crippen LogP contribution in [-0.2, 0) is 0 Å². The van der Waals surface area contributed by atoms with E-state index in [0.717, 1.165) is 5.56 Å². The number of hydrogen-bond acceptors (Lipinski definition) is 4. The Kier molecular flexibility index (Phi) is 1.99. The van der Waals surface area contributed by atoms with Gasteiger partial charge in [0.15, 0.2) is 11.7 Å². The second-order valence-corrected chi connectivity index (χ2v) is 2.79. The van der Waals surface area contributed by atoms with E-state index in [0.29, 0.717) is 17.3 Å². The molecular weight excluding hydrogens is 178 g/mol. The van der Waals surface area contributed by atoms with Gasteiger partial charge in [-0.25, -0.2) is 9.97 Å². The van der Waals surface area contributed by atoms with Crippen LogP contribution < -0.4 is 0 Å². The van der Waals surface area contributed by atoms with Crippen molar-refractivity contribution in [2.24, 2.45) is 0 Å². The molecule has 0 N–H and O–H groups in total. The van der Waals surface area contributed by atoms with E-state index in [1.807, 2.05) is 6.07 Å². The smallest absolute Gasteiger partial charge is 0.191 e. The van der Waals surface area contributed by atoms with Gasteiger partial charge in [-0.05, 0) is 12.1 Å². The summed E-state index contributed by atoms with van der Waals surface area (Å²) in [6.45, 7) is 1.78. The van der Waals surface area contributed by atoms with Crippen molar-refractivity contribution in [3.8, 4) is 17.4 Å². The summed E-state index contributed by atoms with van der Waals surface area (Å²) < 4.78 is 5.31. The molecule has 2 heterocycles. The van der Waals surface area contributed by atoms with Crippen LogP contribution in [0, 0.1) is 18.3 Å². The van der Waals surface area contributed by atoms with Gasteiger partial charge in [0.25, 0.3) is 0 Å². The van der Waals surface area contributed by atoms with E-state index in [4.69, 9.17) is 9.68 Å². The van der Waals surface area contributed by atoms with Gasteiger partial charge in [-0.2, -0.15) is 5.26 Å². The summed E-state index contributed by atoms with van der Waals surface area (Å²) in [5.74, 6) is 1.28. The van der Waals surface area contributed by atoms with Gasteiger partial charge in [-0.1, -0.05) is 0 Å². The number of aromatic nitrogens is 2. The Morgan fingerprint density at radius 2 is 2.14 bits per heavy atom. The SMILES string of the molecule is Cc1ncc(-c2ccc(C#N)nc2)o1.